The van der Waals surface area contributed by atoms with Crippen LogP contribution in [0.25, 0.3) is 0 Å². The van der Waals surface area contributed by atoms with Crippen molar-refractivity contribution in [2.24, 2.45) is 0 Å². The summed E-state index contributed by atoms with van der Waals surface area (Å²) in [5, 5.41) is 6.29. The molecule has 1 amide bonds. The molecule has 122 valence electrons. The number of ether oxygens (including phenoxy) is 1. The van der Waals surface area contributed by atoms with E-state index in [4.69, 9.17) is 4.74 Å². The van der Waals surface area contributed by atoms with Gasteiger partial charge in [0, 0.05) is 34.4 Å². The first-order chi connectivity index (χ1) is 11.0. The van der Waals surface area contributed by atoms with Crippen LogP contribution in [0.4, 0.5) is 11.4 Å². The minimum atomic E-state index is 0.00784. The Labute approximate surface area is 145 Å². The average molecular weight is 377 g/mol. The number of aryl methyl sites for hydroxylation is 1. The lowest BCUT2D eigenvalue weighted by molar-refractivity contribution is -0.115. The molecule has 0 fully saturated rings. The lowest BCUT2D eigenvalue weighted by Gasteiger charge is -2.14. The highest BCUT2D eigenvalue weighted by molar-refractivity contribution is 9.10. The van der Waals surface area contributed by atoms with Crippen molar-refractivity contribution in [2.75, 3.05) is 17.7 Å². The topological polar surface area (TPSA) is 50.4 Å². The van der Waals surface area contributed by atoms with Crippen LogP contribution in [0.1, 0.15) is 24.5 Å². The highest BCUT2D eigenvalue weighted by Gasteiger charge is 2.06. The summed E-state index contributed by atoms with van der Waals surface area (Å²) in [6.07, 6.45) is 0.464. The van der Waals surface area contributed by atoms with Crippen molar-refractivity contribution >= 4 is 33.2 Å². The van der Waals surface area contributed by atoms with E-state index in [1.807, 2.05) is 50.2 Å². The molecule has 5 heteroatoms. The van der Waals surface area contributed by atoms with E-state index in [-0.39, 0.29) is 5.91 Å². The van der Waals surface area contributed by atoms with Gasteiger partial charge in [0.25, 0.3) is 0 Å². The fourth-order valence-corrected chi connectivity index (χ4v) is 2.62. The van der Waals surface area contributed by atoms with E-state index in [9.17, 15) is 4.79 Å². The van der Waals surface area contributed by atoms with E-state index in [1.165, 1.54) is 0 Å². The van der Waals surface area contributed by atoms with Gasteiger partial charge in [0.2, 0.25) is 5.91 Å². The van der Waals surface area contributed by atoms with Gasteiger partial charge >= 0.3 is 0 Å². The Morgan fingerprint density at radius 3 is 2.70 bits per heavy atom. The van der Waals surface area contributed by atoms with Gasteiger partial charge in [-0.25, -0.2) is 0 Å². The molecule has 0 unspecified atom stereocenters. The first-order valence-corrected chi connectivity index (χ1v) is 8.29. The Morgan fingerprint density at radius 1 is 1.22 bits per heavy atom. The number of halogens is 1. The van der Waals surface area contributed by atoms with Gasteiger partial charge in [-0.2, -0.15) is 0 Å². The van der Waals surface area contributed by atoms with E-state index in [2.05, 4.69) is 26.6 Å². The summed E-state index contributed by atoms with van der Waals surface area (Å²) in [6.45, 7) is 4.50. The summed E-state index contributed by atoms with van der Waals surface area (Å²) in [5.41, 5.74) is 3.96. The third-order valence-corrected chi connectivity index (χ3v) is 4.05. The van der Waals surface area contributed by atoms with Crippen LogP contribution in [-0.4, -0.2) is 13.0 Å². The summed E-state index contributed by atoms with van der Waals surface area (Å²) in [6, 6.07) is 11.8. The van der Waals surface area contributed by atoms with Crippen molar-refractivity contribution in [3.8, 4) is 5.75 Å². The van der Waals surface area contributed by atoms with E-state index >= 15 is 0 Å². The van der Waals surface area contributed by atoms with Crippen LogP contribution in [0.3, 0.4) is 0 Å². The van der Waals surface area contributed by atoms with Gasteiger partial charge in [-0.1, -0.05) is 28.9 Å². The Morgan fingerprint density at radius 2 is 2.00 bits per heavy atom. The van der Waals surface area contributed by atoms with Gasteiger partial charge in [-0.15, -0.1) is 0 Å². The van der Waals surface area contributed by atoms with Gasteiger partial charge < -0.3 is 15.4 Å². The fraction of sp³-hybridized carbons (Fsp3) is 0.278. The first kappa shape index (κ1) is 17.3. The molecule has 2 aromatic rings. The number of carbonyl (C=O) groups is 1. The monoisotopic (exact) mass is 376 g/mol. The van der Waals surface area contributed by atoms with E-state index < -0.39 is 0 Å². The van der Waals surface area contributed by atoms with Gasteiger partial charge in [0.05, 0.1) is 7.11 Å². The highest BCUT2D eigenvalue weighted by atomic mass is 79.9. The highest BCUT2D eigenvalue weighted by Crippen LogP contribution is 2.26. The van der Waals surface area contributed by atoms with Crippen molar-refractivity contribution in [2.45, 2.75) is 26.8 Å². The second-order valence-corrected chi connectivity index (χ2v) is 6.16. The van der Waals surface area contributed by atoms with Gasteiger partial charge in [0.15, 0.2) is 0 Å². The molecule has 2 N–H and O–H groups in total. The molecule has 0 aliphatic carbocycles. The third-order valence-electron chi connectivity index (χ3n) is 3.55. The van der Waals surface area contributed by atoms with Crippen LogP contribution >= 0.6 is 15.9 Å². The zero-order chi connectivity index (χ0) is 16.8. The summed E-state index contributed by atoms with van der Waals surface area (Å²) in [7, 11) is 1.67. The molecule has 0 aromatic heterocycles. The second-order valence-electron chi connectivity index (χ2n) is 5.24. The maximum Gasteiger partial charge on any atom is 0.224 e. The molecule has 0 radical (unpaired) electrons. The fourth-order valence-electron chi connectivity index (χ4n) is 2.22. The Hall–Kier alpha value is -2.01. The maximum atomic E-state index is 11.5. The molecular formula is C18H21BrN2O2. The molecule has 0 aliphatic heterocycles. The SMILES string of the molecule is CCC(=O)Nc1ccc(C)c(NCc2cc(Br)ccc2OC)c1. The van der Waals surface area contributed by atoms with Crippen molar-refractivity contribution in [1.82, 2.24) is 0 Å². The Bertz CT molecular complexity index is 701. The second kappa shape index (κ2) is 8.02. The average Bonchev–Trinajstić information content (AvgIpc) is 2.55. The number of anilines is 2. The lowest BCUT2D eigenvalue weighted by atomic mass is 10.1. The lowest BCUT2D eigenvalue weighted by Crippen LogP contribution is -2.10. The normalized spacial score (nSPS) is 10.3. The third kappa shape index (κ3) is 4.73. The van der Waals surface area contributed by atoms with E-state index in [1.54, 1.807) is 7.11 Å². The van der Waals surface area contributed by atoms with Crippen molar-refractivity contribution in [3.05, 3.63) is 52.0 Å². The van der Waals surface area contributed by atoms with Crippen molar-refractivity contribution in [3.63, 3.8) is 0 Å². The Kier molecular flexibility index (Phi) is 6.04. The van der Waals surface area contributed by atoms with Crippen molar-refractivity contribution < 1.29 is 9.53 Å². The predicted octanol–water partition coefficient (Wildman–Crippen LogP) is 4.73. The first-order valence-electron chi connectivity index (χ1n) is 7.50. The molecule has 23 heavy (non-hydrogen) atoms. The predicted molar refractivity (Wildman–Crippen MR) is 98.1 cm³/mol. The van der Waals surface area contributed by atoms with Gasteiger partial charge in [-0.3, -0.25) is 4.79 Å². The molecule has 0 heterocycles. The molecule has 0 spiro atoms. The minimum Gasteiger partial charge on any atom is -0.496 e. The zero-order valence-electron chi connectivity index (χ0n) is 13.6. The molecular weight excluding hydrogens is 356 g/mol. The molecule has 2 rings (SSSR count). The number of benzene rings is 2. The number of hydrogen-bond donors (Lipinski definition) is 2. The Balaban J connectivity index is 2.15. The van der Waals surface area contributed by atoms with Crippen LogP contribution < -0.4 is 15.4 Å². The smallest absolute Gasteiger partial charge is 0.224 e. The molecule has 2 aromatic carbocycles. The van der Waals surface area contributed by atoms with Crippen LogP contribution in [0.5, 0.6) is 5.75 Å². The van der Waals surface area contributed by atoms with Gasteiger partial charge in [-0.05, 0) is 42.8 Å². The quantitative estimate of drug-likeness (QED) is 0.766. The van der Waals surface area contributed by atoms with Gasteiger partial charge in [0.1, 0.15) is 5.75 Å². The van der Waals surface area contributed by atoms with Crippen LogP contribution in [0.2, 0.25) is 0 Å². The largest absolute Gasteiger partial charge is 0.496 e. The van der Waals surface area contributed by atoms with Crippen LogP contribution in [0.15, 0.2) is 40.9 Å². The molecule has 0 bridgehead atoms. The summed E-state index contributed by atoms with van der Waals surface area (Å²) in [4.78, 5) is 11.5. The zero-order valence-corrected chi connectivity index (χ0v) is 15.2. The van der Waals surface area contributed by atoms with E-state index in [0.29, 0.717) is 13.0 Å². The molecule has 0 saturated heterocycles. The standard InChI is InChI=1S/C18H21BrN2O2/c1-4-18(22)21-15-7-5-12(2)16(10-15)20-11-13-9-14(19)6-8-17(13)23-3/h5-10,20H,4,11H2,1-3H3,(H,21,22). The number of hydrogen-bond acceptors (Lipinski definition) is 3. The summed E-state index contributed by atoms with van der Waals surface area (Å²) < 4.78 is 6.40. The number of amides is 1. The molecule has 0 atom stereocenters. The summed E-state index contributed by atoms with van der Waals surface area (Å²) >= 11 is 3.48. The van der Waals surface area contributed by atoms with Crippen LogP contribution in [0, 0.1) is 6.92 Å². The number of methoxy groups -OCH3 is 1. The minimum absolute atomic E-state index is 0.00784. The number of rotatable bonds is 6. The van der Waals surface area contributed by atoms with Crippen LogP contribution in [-0.2, 0) is 11.3 Å². The van der Waals surface area contributed by atoms with E-state index in [0.717, 1.165) is 32.7 Å². The summed E-state index contributed by atoms with van der Waals surface area (Å²) in [5.74, 6) is 0.849. The number of carbonyl (C=O) groups excluding carboxylic acids is 1. The molecule has 0 aliphatic rings. The molecule has 4 nitrogen and oxygen atoms in total. The molecule has 0 saturated carbocycles. The van der Waals surface area contributed by atoms with Crippen molar-refractivity contribution in [1.29, 1.82) is 0 Å². The number of nitrogens with one attached hydrogen (secondary N) is 2. The maximum absolute atomic E-state index is 11.5.